The Kier molecular flexibility index (Phi) is 4.42. The zero-order valence-corrected chi connectivity index (χ0v) is 11.7. The zero-order chi connectivity index (χ0) is 16.5. The monoisotopic (exact) mass is 338 g/mol. The van der Waals surface area contributed by atoms with Gasteiger partial charge in [0.15, 0.2) is 0 Å². The topological polar surface area (TPSA) is 0 Å². The first kappa shape index (κ1) is 16.7. The van der Waals surface area contributed by atoms with Crippen LogP contribution in [0.3, 0.4) is 0 Å². The number of rotatable bonds is 2. The summed E-state index contributed by atoms with van der Waals surface area (Å²) in [6, 6.07) is 7.56. The van der Waals surface area contributed by atoms with E-state index >= 15 is 0 Å². The Labute approximate surface area is 127 Å². The van der Waals surface area contributed by atoms with Crippen molar-refractivity contribution in [1.29, 1.82) is 0 Å². The summed E-state index contributed by atoms with van der Waals surface area (Å²) in [5, 5.41) is 0. The van der Waals surface area contributed by atoms with Gasteiger partial charge in [-0.3, -0.25) is 0 Å². The largest absolute Gasteiger partial charge is 0.417 e. The van der Waals surface area contributed by atoms with E-state index in [9.17, 15) is 26.3 Å². The summed E-state index contributed by atoms with van der Waals surface area (Å²) in [5.74, 6) is -0.544. The average molecular weight is 339 g/mol. The van der Waals surface area contributed by atoms with Crippen LogP contribution in [0.1, 0.15) is 16.7 Å². The molecular weight excluding hydrogens is 330 g/mol. The minimum Gasteiger partial charge on any atom is -0.166 e. The van der Waals surface area contributed by atoms with Gasteiger partial charge in [-0.15, -0.1) is 11.6 Å². The molecule has 0 aromatic heterocycles. The van der Waals surface area contributed by atoms with E-state index < -0.39 is 29.4 Å². The summed E-state index contributed by atoms with van der Waals surface area (Å²) < 4.78 is 78.1. The van der Waals surface area contributed by atoms with Gasteiger partial charge in [0.2, 0.25) is 0 Å². The van der Waals surface area contributed by atoms with Crippen molar-refractivity contribution in [3.05, 3.63) is 59.2 Å². The van der Waals surface area contributed by atoms with Crippen molar-refractivity contribution in [2.45, 2.75) is 18.2 Å². The first-order chi connectivity index (χ1) is 10.2. The molecule has 22 heavy (non-hydrogen) atoms. The van der Waals surface area contributed by atoms with Crippen LogP contribution in [0.15, 0.2) is 42.5 Å². The first-order valence-corrected chi connectivity index (χ1v) is 6.61. The van der Waals surface area contributed by atoms with Gasteiger partial charge in [0.05, 0.1) is 11.1 Å². The third-order valence-corrected chi connectivity index (χ3v) is 3.40. The van der Waals surface area contributed by atoms with Crippen molar-refractivity contribution >= 4 is 11.6 Å². The summed E-state index contributed by atoms with van der Waals surface area (Å²) in [4.78, 5) is 0. The van der Waals surface area contributed by atoms with E-state index in [1.54, 1.807) is 0 Å². The quantitative estimate of drug-likeness (QED) is 0.456. The Bertz CT molecular complexity index is 672. The van der Waals surface area contributed by atoms with Crippen molar-refractivity contribution in [3.63, 3.8) is 0 Å². The van der Waals surface area contributed by atoms with Gasteiger partial charge in [-0.25, -0.2) is 0 Å². The van der Waals surface area contributed by atoms with Crippen LogP contribution in [-0.2, 0) is 18.2 Å². The highest BCUT2D eigenvalue weighted by Crippen LogP contribution is 2.42. The standard InChI is InChI=1S/C15H9ClF6/c16-8-11-9(5-3-7-13(11)15(20,21)22)10-4-1-2-6-12(10)14(17,18)19/h1-7H,8H2. The molecule has 0 N–H and O–H groups in total. The van der Waals surface area contributed by atoms with E-state index in [4.69, 9.17) is 11.6 Å². The normalized spacial score (nSPS) is 12.5. The lowest BCUT2D eigenvalue weighted by Gasteiger charge is -2.18. The number of alkyl halides is 7. The van der Waals surface area contributed by atoms with Crippen molar-refractivity contribution in [2.24, 2.45) is 0 Å². The molecule has 2 aromatic rings. The molecule has 2 rings (SSSR count). The van der Waals surface area contributed by atoms with Crippen LogP contribution in [-0.4, -0.2) is 0 Å². The summed E-state index contributed by atoms with van der Waals surface area (Å²) >= 11 is 5.58. The SMILES string of the molecule is FC(F)(F)c1ccccc1-c1cccc(C(F)(F)F)c1CCl. The van der Waals surface area contributed by atoms with Crippen LogP contribution >= 0.6 is 11.6 Å². The summed E-state index contributed by atoms with van der Waals surface area (Å²) in [6.45, 7) is 0. The van der Waals surface area contributed by atoms with Gasteiger partial charge >= 0.3 is 12.4 Å². The zero-order valence-electron chi connectivity index (χ0n) is 10.9. The van der Waals surface area contributed by atoms with Gasteiger partial charge in [-0.2, -0.15) is 26.3 Å². The molecule has 0 amide bonds. The second-order valence-electron chi connectivity index (χ2n) is 4.51. The lowest BCUT2D eigenvalue weighted by atomic mass is 9.92. The molecule has 0 heterocycles. The highest BCUT2D eigenvalue weighted by molar-refractivity contribution is 6.17. The van der Waals surface area contributed by atoms with Crippen molar-refractivity contribution in [3.8, 4) is 11.1 Å². The van der Waals surface area contributed by atoms with Gasteiger partial charge in [0.25, 0.3) is 0 Å². The van der Waals surface area contributed by atoms with Crippen molar-refractivity contribution < 1.29 is 26.3 Å². The Morgan fingerprint density at radius 2 is 1.18 bits per heavy atom. The molecular formula is C15H9ClF6. The molecule has 0 nitrogen and oxygen atoms in total. The maximum absolute atomic E-state index is 13.0. The molecule has 0 radical (unpaired) electrons. The molecule has 0 fully saturated rings. The summed E-state index contributed by atoms with van der Waals surface area (Å²) in [7, 11) is 0. The molecule has 0 saturated heterocycles. The Hall–Kier alpha value is -1.69. The average Bonchev–Trinajstić information content (AvgIpc) is 2.44. The van der Waals surface area contributed by atoms with E-state index in [0.29, 0.717) is 0 Å². The number of halogens is 7. The van der Waals surface area contributed by atoms with Gasteiger partial charge in [0, 0.05) is 5.88 Å². The predicted molar refractivity (Wildman–Crippen MR) is 71.4 cm³/mol. The maximum Gasteiger partial charge on any atom is 0.417 e. The van der Waals surface area contributed by atoms with Crippen LogP contribution < -0.4 is 0 Å². The Morgan fingerprint density at radius 3 is 1.73 bits per heavy atom. The third-order valence-electron chi connectivity index (χ3n) is 3.14. The molecule has 0 unspecified atom stereocenters. The highest BCUT2D eigenvalue weighted by atomic mass is 35.5. The smallest absolute Gasteiger partial charge is 0.166 e. The van der Waals surface area contributed by atoms with Crippen LogP contribution in [0.4, 0.5) is 26.3 Å². The molecule has 0 saturated carbocycles. The number of hydrogen-bond acceptors (Lipinski definition) is 0. The fourth-order valence-electron chi connectivity index (χ4n) is 2.21. The fourth-order valence-corrected chi connectivity index (χ4v) is 2.50. The molecule has 0 spiro atoms. The molecule has 2 aromatic carbocycles. The van der Waals surface area contributed by atoms with Gasteiger partial charge in [-0.05, 0) is 28.8 Å². The number of benzene rings is 2. The summed E-state index contributed by atoms with van der Waals surface area (Å²) in [6.07, 6.45) is -9.36. The minimum atomic E-state index is -4.69. The highest BCUT2D eigenvalue weighted by Gasteiger charge is 2.37. The van der Waals surface area contributed by atoms with Gasteiger partial charge in [0.1, 0.15) is 0 Å². The van der Waals surface area contributed by atoms with Crippen molar-refractivity contribution in [1.82, 2.24) is 0 Å². The minimum absolute atomic E-state index is 0.169. The molecule has 7 heteroatoms. The number of hydrogen-bond donors (Lipinski definition) is 0. The Balaban J connectivity index is 2.75. The fraction of sp³-hybridized carbons (Fsp3) is 0.200. The Morgan fingerprint density at radius 1 is 0.682 bits per heavy atom. The van der Waals surface area contributed by atoms with E-state index in [1.165, 1.54) is 18.2 Å². The van der Waals surface area contributed by atoms with Gasteiger partial charge in [-0.1, -0.05) is 30.3 Å². The molecule has 118 valence electrons. The molecule has 0 aliphatic carbocycles. The van der Waals surface area contributed by atoms with Crippen LogP contribution in [0.2, 0.25) is 0 Å². The molecule has 0 atom stereocenters. The predicted octanol–water partition coefficient (Wildman–Crippen LogP) is 6.13. The van der Waals surface area contributed by atoms with E-state index in [0.717, 1.165) is 24.3 Å². The van der Waals surface area contributed by atoms with Crippen LogP contribution in [0.25, 0.3) is 11.1 Å². The summed E-state index contributed by atoms with van der Waals surface area (Å²) in [5.41, 5.74) is -2.89. The van der Waals surface area contributed by atoms with E-state index in [1.807, 2.05) is 0 Å². The van der Waals surface area contributed by atoms with Crippen LogP contribution in [0.5, 0.6) is 0 Å². The third kappa shape index (κ3) is 3.21. The van der Waals surface area contributed by atoms with E-state index in [-0.39, 0.29) is 16.7 Å². The molecule has 0 aliphatic heterocycles. The molecule has 0 aliphatic rings. The van der Waals surface area contributed by atoms with Crippen molar-refractivity contribution in [2.75, 3.05) is 0 Å². The second kappa shape index (κ2) is 5.83. The first-order valence-electron chi connectivity index (χ1n) is 6.08. The van der Waals surface area contributed by atoms with Gasteiger partial charge < -0.3 is 0 Å². The maximum atomic E-state index is 13.0. The molecule has 0 bridgehead atoms. The lowest BCUT2D eigenvalue weighted by Crippen LogP contribution is -2.11. The van der Waals surface area contributed by atoms with Crippen LogP contribution in [0, 0.1) is 0 Å². The van der Waals surface area contributed by atoms with E-state index in [2.05, 4.69) is 0 Å². The second-order valence-corrected chi connectivity index (χ2v) is 4.77. The lowest BCUT2D eigenvalue weighted by molar-refractivity contribution is -0.138.